The summed E-state index contributed by atoms with van der Waals surface area (Å²) >= 11 is 0. The number of aromatic nitrogens is 2. The first kappa shape index (κ1) is 16.2. The lowest BCUT2D eigenvalue weighted by atomic mass is 9.93. The quantitative estimate of drug-likeness (QED) is 0.795. The van der Waals surface area contributed by atoms with E-state index in [1.165, 1.54) is 4.90 Å². The van der Waals surface area contributed by atoms with Gasteiger partial charge in [0.05, 0.1) is 6.20 Å². The lowest BCUT2D eigenvalue weighted by molar-refractivity contribution is -0.117. The Labute approximate surface area is 119 Å². The highest BCUT2D eigenvalue weighted by atomic mass is 16.6. The average Bonchev–Trinajstić information content (AvgIpc) is 2.66. The fourth-order valence-electron chi connectivity index (χ4n) is 1.84. The molecule has 0 aliphatic carbocycles. The van der Waals surface area contributed by atoms with E-state index in [2.05, 4.69) is 5.10 Å². The predicted octanol–water partition coefficient (Wildman–Crippen LogP) is 2.01. The minimum atomic E-state index is -1.11. The number of hydrogen-bond donors (Lipinski definition) is 0. The zero-order valence-corrected chi connectivity index (χ0v) is 13.2. The van der Waals surface area contributed by atoms with Gasteiger partial charge < -0.3 is 9.53 Å². The normalized spacial score (nSPS) is 14.6. The zero-order chi connectivity index (χ0) is 15.7. The van der Waals surface area contributed by atoms with Gasteiger partial charge in [-0.25, -0.2) is 4.79 Å². The van der Waals surface area contributed by atoms with E-state index in [0.717, 1.165) is 12.0 Å². The number of aldehydes is 1. The first-order valence-electron chi connectivity index (χ1n) is 6.45. The number of hydrogen-bond acceptors (Lipinski definition) is 4. The number of amides is 1. The van der Waals surface area contributed by atoms with Crippen LogP contribution in [0.3, 0.4) is 0 Å². The molecule has 0 bridgehead atoms. The van der Waals surface area contributed by atoms with Gasteiger partial charge >= 0.3 is 6.09 Å². The first-order chi connectivity index (χ1) is 9.03. The number of ether oxygens (including phenoxy) is 1. The minimum Gasteiger partial charge on any atom is -0.444 e. The number of rotatable bonds is 3. The van der Waals surface area contributed by atoms with Gasteiger partial charge in [-0.15, -0.1) is 0 Å². The summed E-state index contributed by atoms with van der Waals surface area (Å²) in [6.07, 6.45) is 1.79. The molecular formula is C14H23N3O3. The molecule has 0 aliphatic heterocycles. The number of carbonyl (C=O) groups is 2. The van der Waals surface area contributed by atoms with Crippen molar-refractivity contribution in [3.8, 4) is 0 Å². The molecule has 0 saturated carbocycles. The molecule has 0 saturated heterocycles. The van der Waals surface area contributed by atoms with Crippen LogP contribution in [0.2, 0.25) is 0 Å². The van der Waals surface area contributed by atoms with Gasteiger partial charge in [0.15, 0.2) is 0 Å². The molecule has 112 valence electrons. The molecule has 1 atom stereocenters. The number of nitrogens with zero attached hydrogens (tertiary/aromatic N) is 3. The maximum Gasteiger partial charge on any atom is 0.411 e. The van der Waals surface area contributed by atoms with Crippen molar-refractivity contribution in [1.82, 2.24) is 14.7 Å². The molecule has 0 aromatic carbocycles. The first-order valence-corrected chi connectivity index (χ1v) is 6.45. The molecule has 6 nitrogen and oxygen atoms in total. The highest BCUT2D eigenvalue weighted by Crippen LogP contribution is 2.28. The molecule has 0 radical (unpaired) electrons. The molecule has 0 aliphatic rings. The SMILES string of the molecule is Cc1c(C(C)(C=O)N(C)C(=O)OC(C)(C)C)cnn1C. The Kier molecular flexibility index (Phi) is 4.27. The fourth-order valence-corrected chi connectivity index (χ4v) is 1.84. The zero-order valence-electron chi connectivity index (χ0n) is 13.2. The molecule has 0 fully saturated rings. The molecule has 1 amide bonds. The van der Waals surface area contributed by atoms with E-state index in [1.54, 1.807) is 52.7 Å². The van der Waals surface area contributed by atoms with E-state index in [-0.39, 0.29) is 0 Å². The van der Waals surface area contributed by atoms with Gasteiger partial charge in [0.2, 0.25) is 0 Å². The van der Waals surface area contributed by atoms with Crippen LogP contribution in [-0.4, -0.2) is 39.7 Å². The predicted molar refractivity (Wildman–Crippen MR) is 75.4 cm³/mol. The van der Waals surface area contributed by atoms with Crippen LogP contribution >= 0.6 is 0 Å². The lowest BCUT2D eigenvalue weighted by Gasteiger charge is -2.35. The summed E-state index contributed by atoms with van der Waals surface area (Å²) in [6.45, 7) is 8.88. The van der Waals surface area contributed by atoms with Crippen molar-refractivity contribution in [3.05, 3.63) is 17.5 Å². The van der Waals surface area contributed by atoms with Crippen molar-refractivity contribution in [2.75, 3.05) is 7.05 Å². The molecular weight excluding hydrogens is 258 g/mol. The van der Waals surface area contributed by atoms with Crippen LogP contribution in [0.1, 0.15) is 39.0 Å². The Bertz CT molecular complexity index is 516. The summed E-state index contributed by atoms with van der Waals surface area (Å²) in [5, 5.41) is 4.13. The van der Waals surface area contributed by atoms with Crippen LogP contribution < -0.4 is 0 Å². The molecule has 20 heavy (non-hydrogen) atoms. The molecule has 0 spiro atoms. The van der Waals surface area contributed by atoms with Gasteiger partial charge in [0.1, 0.15) is 17.4 Å². The van der Waals surface area contributed by atoms with Crippen molar-refractivity contribution < 1.29 is 14.3 Å². The molecule has 1 heterocycles. The van der Waals surface area contributed by atoms with Crippen LogP contribution in [0.15, 0.2) is 6.20 Å². The number of aryl methyl sites for hydroxylation is 1. The highest BCUT2D eigenvalue weighted by molar-refractivity contribution is 5.78. The average molecular weight is 281 g/mol. The van der Waals surface area contributed by atoms with Crippen molar-refractivity contribution in [3.63, 3.8) is 0 Å². The largest absolute Gasteiger partial charge is 0.444 e. The number of likely N-dealkylation sites (N-methyl/N-ethyl adjacent to an activating group) is 1. The van der Waals surface area contributed by atoms with E-state index in [9.17, 15) is 9.59 Å². The van der Waals surface area contributed by atoms with Gasteiger partial charge in [-0.3, -0.25) is 9.58 Å². The molecule has 1 rings (SSSR count). The molecule has 6 heteroatoms. The van der Waals surface area contributed by atoms with Crippen LogP contribution in [0.5, 0.6) is 0 Å². The third-order valence-corrected chi connectivity index (χ3v) is 3.37. The Morgan fingerprint density at radius 2 is 1.95 bits per heavy atom. The Morgan fingerprint density at radius 1 is 1.40 bits per heavy atom. The topological polar surface area (TPSA) is 64.4 Å². The van der Waals surface area contributed by atoms with Crippen LogP contribution in [0.25, 0.3) is 0 Å². The third kappa shape index (κ3) is 3.00. The van der Waals surface area contributed by atoms with Gasteiger partial charge in [-0.05, 0) is 34.6 Å². The number of carbonyl (C=O) groups excluding carboxylic acids is 2. The Hall–Kier alpha value is -1.85. The molecule has 1 unspecified atom stereocenters. The third-order valence-electron chi connectivity index (χ3n) is 3.37. The lowest BCUT2D eigenvalue weighted by Crippen LogP contribution is -2.48. The maximum absolute atomic E-state index is 12.2. The second-order valence-electron chi connectivity index (χ2n) is 6.07. The Balaban J connectivity index is 3.14. The molecule has 1 aromatic heterocycles. The van der Waals surface area contributed by atoms with Crippen LogP contribution in [0.4, 0.5) is 4.79 Å². The van der Waals surface area contributed by atoms with Crippen molar-refractivity contribution in [2.24, 2.45) is 7.05 Å². The fraction of sp³-hybridized carbons (Fsp3) is 0.643. The van der Waals surface area contributed by atoms with E-state index < -0.39 is 17.2 Å². The standard InChI is InChI=1S/C14H23N3O3/c1-10-11(8-15-17(10)7)14(5,9-18)16(6)12(19)20-13(2,3)4/h8-9H,1-7H3. The summed E-state index contributed by atoms with van der Waals surface area (Å²) in [5.41, 5.74) is -0.210. The van der Waals surface area contributed by atoms with Crippen molar-refractivity contribution in [2.45, 2.75) is 45.8 Å². The summed E-state index contributed by atoms with van der Waals surface area (Å²) in [6, 6.07) is 0. The summed E-state index contributed by atoms with van der Waals surface area (Å²) in [5.74, 6) is 0. The van der Waals surface area contributed by atoms with E-state index in [0.29, 0.717) is 5.56 Å². The van der Waals surface area contributed by atoms with E-state index >= 15 is 0 Å². The molecule has 1 aromatic rings. The summed E-state index contributed by atoms with van der Waals surface area (Å²) in [4.78, 5) is 25.1. The Morgan fingerprint density at radius 3 is 2.30 bits per heavy atom. The minimum absolute atomic E-state index is 0.546. The summed E-state index contributed by atoms with van der Waals surface area (Å²) in [7, 11) is 3.34. The van der Waals surface area contributed by atoms with Crippen LogP contribution in [-0.2, 0) is 22.1 Å². The van der Waals surface area contributed by atoms with E-state index in [4.69, 9.17) is 4.74 Å². The maximum atomic E-state index is 12.2. The van der Waals surface area contributed by atoms with Crippen molar-refractivity contribution in [1.29, 1.82) is 0 Å². The molecule has 0 N–H and O–H groups in total. The van der Waals surface area contributed by atoms with Crippen molar-refractivity contribution >= 4 is 12.4 Å². The second-order valence-corrected chi connectivity index (χ2v) is 6.07. The monoisotopic (exact) mass is 281 g/mol. The van der Waals surface area contributed by atoms with Gasteiger partial charge in [0, 0.05) is 25.4 Å². The van der Waals surface area contributed by atoms with E-state index in [1.807, 2.05) is 6.92 Å². The summed E-state index contributed by atoms with van der Waals surface area (Å²) < 4.78 is 6.98. The second kappa shape index (κ2) is 5.26. The van der Waals surface area contributed by atoms with Crippen LogP contribution in [0, 0.1) is 6.92 Å². The van der Waals surface area contributed by atoms with Gasteiger partial charge in [-0.1, -0.05) is 0 Å². The highest BCUT2D eigenvalue weighted by Gasteiger charge is 2.39. The van der Waals surface area contributed by atoms with Gasteiger partial charge in [0.25, 0.3) is 0 Å². The smallest absolute Gasteiger partial charge is 0.411 e. The van der Waals surface area contributed by atoms with Gasteiger partial charge in [-0.2, -0.15) is 5.10 Å².